The molecule has 1 aromatic carbocycles. The van der Waals surface area contributed by atoms with Gasteiger partial charge in [-0.3, -0.25) is 10.1 Å². The van der Waals surface area contributed by atoms with Crippen LogP contribution in [0.15, 0.2) is 23.1 Å². The molecule has 0 aliphatic heterocycles. The summed E-state index contributed by atoms with van der Waals surface area (Å²) in [5.74, 6) is 0.358. The van der Waals surface area contributed by atoms with E-state index in [1.54, 1.807) is 0 Å². The Balaban J connectivity index is 2.52. The van der Waals surface area contributed by atoms with E-state index in [-0.39, 0.29) is 29.8 Å². The fourth-order valence-electron chi connectivity index (χ4n) is 3.34. The summed E-state index contributed by atoms with van der Waals surface area (Å²) in [5, 5.41) is 20.9. The number of nitrogens with one attached hydrogen (secondary N) is 1. The number of aliphatic hydroxyl groups is 1. The highest BCUT2D eigenvalue weighted by molar-refractivity contribution is 7.89. The first kappa shape index (κ1) is 18.6. The standard InChI is InChI=1S/C15H23N3O5S/c1-11-4-3-5-13(11)17(8-9-19)14-7-6-12(24(22,23)16-2)10-15(14)18(20)21/h6-7,10-11,13,16,19H,3-5,8-9H2,1-2H3/t11-,13-/m0/s1. The van der Waals surface area contributed by atoms with E-state index in [2.05, 4.69) is 11.6 Å². The van der Waals surface area contributed by atoms with Crippen LogP contribution in [0.5, 0.6) is 0 Å². The zero-order valence-corrected chi connectivity index (χ0v) is 14.6. The number of benzene rings is 1. The van der Waals surface area contributed by atoms with Gasteiger partial charge in [0.2, 0.25) is 10.0 Å². The predicted octanol–water partition coefficient (Wildman–Crippen LogP) is 1.49. The van der Waals surface area contributed by atoms with Crippen LogP contribution >= 0.6 is 0 Å². The van der Waals surface area contributed by atoms with Crippen LogP contribution in [0.3, 0.4) is 0 Å². The minimum Gasteiger partial charge on any atom is -0.395 e. The first-order valence-corrected chi connectivity index (χ1v) is 9.39. The van der Waals surface area contributed by atoms with Gasteiger partial charge in [-0.25, -0.2) is 13.1 Å². The lowest BCUT2D eigenvalue weighted by Gasteiger charge is -2.33. The van der Waals surface area contributed by atoms with Crippen LogP contribution in [0, 0.1) is 16.0 Å². The Bertz CT molecular complexity index is 707. The van der Waals surface area contributed by atoms with Crippen molar-refractivity contribution in [1.29, 1.82) is 0 Å². The summed E-state index contributed by atoms with van der Waals surface area (Å²) in [4.78, 5) is 12.6. The van der Waals surface area contributed by atoms with Crippen LogP contribution in [-0.4, -0.2) is 44.7 Å². The summed E-state index contributed by atoms with van der Waals surface area (Å²) in [7, 11) is -2.50. The molecule has 24 heavy (non-hydrogen) atoms. The highest BCUT2D eigenvalue weighted by Gasteiger charge is 2.33. The fraction of sp³-hybridized carbons (Fsp3) is 0.600. The van der Waals surface area contributed by atoms with Crippen molar-refractivity contribution in [1.82, 2.24) is 4.72 Å². The SMILES string of the molecule is CNS(=O)(=O)c1ccc(N(CCO)[C@H]2CCC[C@@H]2C)c([N+](=O)[O-])c1. The lowest BCUT2D eigenvalue weighted by molar-refractivity contribution is -0.384. The molecular formula is C15H23N3O5S. The Kier molecular flexibility index (Phi) is 5.79. The average molecular weight is 357 g/mol. The monoisotopic (exact) mass is 357 g/mol. The summed E-state index contributed by atoms with van der Waals surface area (Å²) in [6, 6.07) is 3.99. The Morgan fingerprint density at radius 1 is 1.42 bits per heavy atom. The number of aliphatic hydroxyl groups excluding tert-OH is 1. The highest BCUT2D eigenvalue weighted by atomic mass is 32.2. The third-order valence-corrected chi connectivity index (χ3v) is 6.00. The molecule has 0 spiro atoms. The van der Waals surface area contributed by atoms with Gasteiger partial charge >= 0.3 is 0 Å². The van der Waals surface area contributed by atoms with Crippen molar-refractivity contribution in [2.45, 2.75) is 37.1 Å². The molecule has 0 radical (unpaired) electrons. The van der Waals surface area contributed by atoms with Crippen molar-refractivity contribution in [2.75, 3.05) is 25.1 Å². The smallest absolute Gasteiger partial charge is 0.293 e. The van der Waals surface area contributed by atoms with Gasteiger partial charge in [-0.1, -0.05) is 13.3 Å². The normalized spacial score (nSPS) is 21.0. The molecule has 0 saturated heterocycles. The van der Waals surface area contributed by atoms with Crippen molar-refractivity contribution >= 4 is 21.4 Å². The van der Waals surface area contributed by atoms with Crippen molar-refractivity contribution < 1.29 is 18.4 Å². The van der Waals surface area contributed by atoms with Crippen LogP contribution in [0.2, 0.25) is 0 Å². The molecule has 0 heterocycles. The van der Waals surface area contributed by atoms with E-state index in [4.69, 9.17) is 0 Å². The molecule has 134 valence electrons. The van der Waals surface area contributed by atoms with E-state index in [0.717, 1.165) is 25.3 Å². The third kappa shape index (κ3) is 3.68. The largest absolute Gasteiger partial charge is 0.395 e. The molecule has 1 aromatic rings. The maximum atomic E-state index is 11.9. The second kappa shape index (κ2) is 7.45. The molecule has 0 unspecified atom stereocenters. The maximum Gasteiger partial charge on any atom is 0.293 e. The summed E-state index contributed by atoms with van der Waals surface area (Å²) in [6.07, 6.45) is 2.97. The Morgan fingerprint density at radius 2 is 2.12 bits per heavy atom. The molecule has 2 rings (SSSR count). The van der Waals surface area contributed by atoms with Crippen LogP contribution in [-0.2, 0) is 10.0 Å². The minimum absolute atomic E-state index is 0.0996. The summed E-state index contributed by atoms with van der Waals surface area (Å²) < 4.78 is 26.0. The Morgan fingerprint density at radius 3 is 2.62 bits per heavy atom. The predicted molar refractivity (Wildman–Crippen MR) is 90.6 cm³/mol. The van der Waals surface area contributed by atoms with Crippen molar-refractivity contribution in [2.24, 2.45) is 5.92 Å². The van der Waals surface area contributed by atoms with Crippen molar-refractivity contribution in [3.05, 3.63) is 28.3 Å². The zero-order valence-electron chi connectivity index (χ0n) is 13.8. The van der Waals surface area contributed by atoms with E-state index < -0.39 is 14.9 Å². The molecule has 1 saturated carbocycles. The van der Waals surface area contributed by atoms with Gasteiger partial charge in [0.15, 0.2) is 0 Å². The maximum absolute atomic E-state index is 11.9. The quantitative estimate of drug-likeness (QED) is 0.565. The van der Waals surface area contributed by atoms with Gasteiger partial charge in [0.05, 0.1) is 16.4 Å². The molecule has 0 amide bonds. The van der Waals surface area contributed by atoms with E-state index in [1.807, 2.05) is 4.90 Å². The van der Waals surface area contributed by atoms with E-state index in [1.165, 1.54) is 19.2 Å². The molecule has 2 N–H and O–H groups in total. The Labute approximate surface area is 141 Å². The molecule has 9 heteroatoms. The number of sulfonamides is 1. The number of rotatable bonds is 7. The fourth-order valence-corrected chi connectivity index (χ4v) is 4.09. The molecule has 8 nitrogen and oxygen atoms in total. The van der Waals surface area contributed by atoms with Crippen LogP contribution in [0.4, 0.5) is 11.4 Å². The molecule has 1 aliphatic rings. The van der Waals surface area contributed by atoms with Gasteiger partial charge in [-0.15, -0.1) is 0 Å². The van der Waals surface area contributed by atoms with Gasteiger partial charge in [0.1, 0.15) is 5.69 Å². The van der Waals surface area contributed by atoms with E-state index >= 15 is 0 Å². The van der Waals surface area contributed by atoms with Gasteiger partial charge < -0.3 is 10.0 Å². The average Bonchev–Trinajstić information content (AvgIpc) is 2.97. The molecule has 0 bridgehead atoms. The minimum atomic E-state index is -3.76. The number of nitrogens with zero attached hydrogens (tertiary/aromatic N) is 2. The van der Waals surface area contributed by atoms with Crippen molar-refractivity contribution in [3.8, 4) is 0 Å². The first-order chi connectivity index (χ1) is 11.3. The molecule has 1 aliphatic carbocycles. The Hall–Kier alpha value is -1.71. The number of hydrogen-bond acceptors (Lipinski definition) is 6. The van der Waals surface area contributed by atoms with E-state index in [0.29, 0.717) is 11.6 Å². The second-order valence-corrected chi connectivity index (χ2v) is 7.89. The lowest BCUT2D eigenvalue weighted by Crippen LogP contribution is -2.39. The van der Waals surface area contributed by atoms with Crippen LogP contribution in [0.25, 0.3) is 0 Å². The summed E-state index contributed by atoms with van der Waals surface area (Å²) in [5.41, 5.74) is 0.0849. The van der Waals surface area contributed by atoms with E-state index in [9.17, 15) is 23.6 Å². The second-order valence-electron chi connectivity index (χ2n) is 6.01. The van der Waals surface area contributed by atoms with Crippen LogP contribution in [0.1, 0.15) is 26.2 Å². The summed E-state index contributed by atoms with van der Waals surface area (Å²) >= 11 is 0. The summed E-state index contributed by atoms with van der Waals surface area (Å²) in [6.45, 7) is 2.23. The number of hydrogen-bond donors (Lipinski definition) is 2. The molecular weight excluding hydrogens is 334 g/mol. The number of nitro benzene ring substituents is 1. The zero-order chi connectivity index (χ0) is 17.9. The highest BCUT2D eigenvalue weighted by Crippen LogP contribution is 2.37. The van der Waals surface area contributed by atoms with Crippen LogP contribution < -0.4 is 9.62 Å². The van der Waals surface area contributed by atoms with Gasteiger partial charge in [-0.2, -0.15) is 0 Å². The van der Waals surface area contributed by atoms with Crippen molar-refractivity contribution in [3.63, 3.8) is 0 Å². The topological polar surface area (TPSA) is 113 Å². The number of anilines is 1. The first-order valence-electron chi connectivity index (χ1n) is 7.91. The molecule has 2 atom stereocenters. The molecule has 0 aromatic heterocycles. The van der Waals surface area contributed by atoms with Gasteiger partial charge in [0.25, 0.3) is 5.69 Å². The third-order valence-electron chi connectivity index (χ3n) is 4.59. The lowest BCUT2D eigenvalue weighted by atomic mass is 10.0. The van der Waals surface area contributed by atoms with Gasteiger partial charge in [0, 0.05) is 18.7 Å². The molecule has 1 fully saturated rings. The van der Waals surface area contributed by atoms with Gasteiger partial charge in [-0.05, 0) is 37.9 Å². The number of nitro groups is 1.